The fourth-order valence-corrected chi connectivity index (χ4v) is 4.05. The normalized spacial score (nSPS) is 38.7. The van der Waals surface area contributed by atoms with E-state index in [4.69, 9.17) is 0 Å². The fraction of sp³-hybridized carbons (Fsp3) is 1.00. The Morgan fingerprint density at radius 2 is 1.74 bits per heavy atom. The van der Waals surface area contributed by atoms with Crippen molar-refractivity contribution in [3.63, 3.8) is 0 Å². The zero-order valence-corrected chi connectivity index (χ0v) is 12.4. The lowest BCUT2D eigenvalue weighted by atomic mass is 9.79. The highest BCUT2D eigenvalue weighted by atomic mass is 15.5. The van der Waals surface area contributed by atoms with Crippen molar-refractivity contribution in [3.05, 3.63) is 0 Å². The second-order valence-electron chi connectivity index (χ2n) is 6.68. The van der Waals surface area contributed by atoms with Gasteiger partial charge in [-0.25, -0.2) is 5.01 Å². The van der Waals surface area contributed by atoms with Crippen LogP contribution >= 0.6 is 0 Å². The molecule has 0 aromatic carbocycles. The summed E-state index contributed by atoms with van der Waals surface area (Å²) in [5, 5.41) is 6.22. The van der Waals surface area contributed by atoms with Gasteiger partial charge in [-0.05, 0) is 45.2 Å². The molecule has 2 N–H and O–H groups in total. The zero-order chi connectivity index (χ0) is 13.1. The fourth-order valence-electron chi connectivity index (χ4n) is 4.05. The molecule has 4 nitrogen and oxygen atoms in total. The molecule has 0 aromatic heterocycles. The molecular formula is C15H30N4. The van der Waals surface area contributed by atoms with E-state index >= 15 is 0 Å². The van der Waals surface area contributed by atoms with Crippen LogP contribution < -0.4 is 10.7 Å². The Kier molecular flexibility index (Phi) is 4.74. The van der Waals surface area contributed by atoms with Crippen molar-refractivity contribution in [2.75, 3.05) is 39.8 Å². The molecule has 3 atom stereocenters. The number of hydrazine groups is 1. The van der Waals surface area contributed by atoms with Gasteiger partial charge in [-0.15, -0.1) is 0 Å². The summed E-state index contributed by atoms with van der Waals surface area (Å²) >= 11 is 0. The second-order valence-corrected chi connectivity index (χ2v) is 6.68. The largest absolute Gasteiger partial charge is 0.314 e. The summed E-state index contributed by atoms with van der Waals surface area (Å²) in [4.78, 5) is 2.43. The first-order valence-corrected chi connectivity index (χ1v) is 8.26. The standard InChI is InChI=1S/C15H30N4/c1-18-9-11-19(12-10-18)17-15-6-3-2-5-13(15)14-7-4-8-16-14/h13-17H,2-12H2,1H3. The smallest absolute Gasteiger partial charge is 0.0259 e. The molecule has 3 unspecified atom stereocenters. The molecule has 110 valence electrons. The molecular weight excluding hydrogens is 236 g/mol. The Balaban J connectivity index is 1.54. The van der Waals surface area contributed by atoms with Crippen molar-refractivity contribution < 1.29 is 0 Å². The monoisotopic (exact) mass is 266 g/mol. The summed E-state index contributed by atoms with van der Waals surface area (Å²) in [6.45, 7) is 6.00. The van der Waals surface area contributed by atoms with Crippen molar-refractivity contribution in [2.24, 2.45) is 5.92 Å². The number of piperazine rings is 1. The highest BCUT2D eigenvalue weighted by Crippen LogP contribution is 2.30. The number of hydrogen-bond acceptors (Lipinski definition) is 4. The molecule has 3 rings (SSSR count). The van der Waals surface area contributed by atoms with E-state index in [9.17, 15) is 0 Å². The number of hydrogen-bond donors (Lipinski definition) is 2. The summed E-state index contributed by atoms with van der Waals surface area (Å²) in [6, 6.07) is 1.50. The SMILES string of the molecule is CN1CCN(NC2CCCCC2C2CCCN2)CC1. The Bertz CT molecular complexity index is 269. The van der Waals surface area contributed by atoms with E-state index in [1.807, 2.05) is 0 Å². The van der Waals surface area contributed by atoms with E-state index in [-0.39, 0.29) is 0 Å². The van der Waals surface area contributed by atoms with Crippen LogP contribution in [0.25, 0.3) is 0 Å². The van der Waals surface area contributed by atoms with E-state index in [0.717, 1.165) is 12.0 Å². The Morgan fingerprint density at radius 3 is 2.47 bits per heavy atom. The maximum atomic E-state index is 3.87. The molecule has 2 aliphatic heterocycles. The molecule has 3 aliphatic rings. The maximum Gasteiger partial charge on any atom is 0.0259 e. The summed E-state index contributed by atoms with van der Waals surface area (Å²) in [6.07, 6.45) is 8.41. The van der Waals surface area contributed by atoms with Crippen molar-refractivity contribution in [1.82, 2.24) is 20.7 Å². The minimum atomic E-state index is 0.716. The van der Waals surface area contributed by atoms with Gasteiger partial charge in [0.05, 0.1) is 0 Å². The lowest BCUT2D eigenvalue weighted by molar-refractivity contribution is 0.0547. The molecule has 4 heteroatoms. The molecule has 2 saturated heterocycles. The van der Waals surface area contributed by atoms with Gasteiger partial charge in [0.1, 0.15) is 0 Å². The van der Waals surface area contributed by atoms with Gasteiger partial charge < -0.3 is 10.2 Å². The van der Waals surface area contributed by atoms with Gasteiger partial charge in [-0.1, -0.05) is 12.8 Å². The lowest BCUT2D eigenvalue weighted by Gasteiger charge is -2.41. The molecule has 0 radical (unpaired) electrons. The van der Waals surface area contributed by atoms with Crippen LogP contribution in [0.3, 0.4) is 0 Å². The minimum absolute atomic E-state index is 0.716. The predicted octanol–water partition coefficient (Wildman–Crippen LogP) is 1.05. The van der Waals surface area contributed by atoms with Crippen LogP contribution in [0.2, 0.25) is 0 Å². The maximum absolute atomic E-state index is 3.87. The number of rotatable bonds is 3. The van der Waals surface area contributed by atoms with Gasteiger partial charge in [0, 0.05) is 38.3 Å². The first-order valence-electron chi connectivity index (χ1n) is 8.26. The van der Waals surface area contributed by atoms with Crippen LogP contribution in [0, 0.1) is 5.92 Å². The summed E-state index contributed by atoms with van der Waals surface area (Å²) in [5.74, 6) is 0.857. The Labute approximate surface area is 117 Å². The van der Waals surface area contributed by atoms with Crippen LogP contribution in [-0.4, -0.2) is 61.8 Å². The van der Waals surface area contributed by atoms with E-state index in [2.05, 4.69) is 27.7 Å². The highest BCUT2D eigenvalue weighted by molar-refractivity contribution is 4.91. The zero-order valence-electron chi connectivity index (χ0n) is 12.4. The molecule has 1 aliphatic carbocycles. The highest BCUT2D eigenvalue weighted by Gasteiger charge is 2.34. The van der Waals surface area contributed by atoms with E-state index < -0.39 is 0 Å². The second kappa shape index (κ2) is 6.53. The predicted molar refractivity (Wildman–Crippen MR) is 79.0 cm³/mol. The van der Waals surface area contributed by atoms with Crippen molar-refractivity contribution in [3.8, 4) is 0 Å². The molecule has 0 amide bonds. The first kappa shape index (κ1) is 13.8. The molecule has 0 bridgehead atoms. The third-order valence-electron chi connectivity index (χ3n) is 5.29. The quantitative estimate of drug-likeness (QED) is 0.799. The number of nitrogens with zero attached hydrogens (tertiary/aromatic N) is 2. The molecule has 0 spiro atoms. The summed E-state index contributed by atoms with van der Waals surface area (Å²) in [5.41, 5.74) is 3.87. The van der Waals surface area contributed by atoms with Crippen LogP contribution in [0.15, 0.2) is 0 Å². The third kappa shape index (κ3) is 3.48. The molecule has 0 aromatic rings. The summed E-state index contributed by atoms with van der Waals surface area (Å²) in [7, 11) is 2.23. The van der Waals surface area contributed by atoms with Crippen molar-refractivity contribution >= 4 is 0 Å². The number of likely N-dealkylation sites (N-methyl/N-ethyl adjacent to an activating group) is 1. The van der Waals surface area contributed by atoms with E-state index in [1.54, 1.807) is 0 Å². The molecule has 19 heavy (non-hydrogen) atoms. The minimum Gasteiger partial charge on any atom is -0.314 e. The van der Waals surface area contributed by atoms with Gasteiger partial charge in [0.15, 0.2) is 0 Å². The molecule has 3 fully saturated rings. The van der Waals surface area contributed by atoms with Crippen molar-refractivity contribution in [2.45, 2.75) is 50.6 Å². The molecule has 2 heterocycles. The first-order chi connectivity index (χ1) is 9.33. The Morgan fingerprint density at radius 1 is 0.947 bits per heavy atom. The van der Waals surface area contributed by atoms with E-state index in [0.29, 0.717) is 6.04 Å². The number of nitrogens with one attached hydrogen (secondary N) is 2. The van der Waals surface area contributed by atoms with E-state index in [1.165, 1.54) is 71.2 Å². The van der Waals surface area contributed by atoms with Gasteiger partial charge in [0.2, 0.25) is 0 Å². The summed E-state index contributed by atoms with van der Waals surface area (Å²) < 4.78 is 0. The van der Waals surface area contributed by atoms with Crippen LogP contribution in [0.1, 0.15) is 38.5 Å². The van der Waals surface area contributed by atoms with Crippen LogP contribution in [0.5, 0.6) is 0 Å². The topological polar surface area (TPSA) is 30.5 Å². The van der Waals surface area contributed by atoms with Gasteiger partial charge in [-0.2, -0.15) is 0 Å². The molecule has 1 saturated carbocycles. The average molecular weight is 266 g/mol. The third-order valence-corrected chi connectivity index (χ3v) is 5.29. The van der Waals surface area contributed by atoms with Crippen molar-refractivity contribution in [1.29, 1.82) is 0 Å². The average Bonchev–Trinajstić information content (AvgIpc) is 2.96. The Hall–Kier alpha value is -0.160. The van der Waals surface area contributed by atoms with Gasteiger partial charge in [-0.3, -0.25) is 5.43 Å². The van der Waals surface area contributed by atoms with Crippen LogP contribution in [-0.2, 0) is 0 Å². The van der Waals surface area contributed by atoms with Gasteiger partial charge in [0.25, 0.3) is 0 Å². The van der Waals surface area contributed by atoms with Crippen LogP contribution in [0.4, 0.5) is 0 Å². The lowest BCUT2D eigenvalue weighted by Crippen LogP contribution is -2.57. The van der Waals surface area contributed by atoms with Gasteiger partial charge >= 0.3 is 0 Å².